The standard InChI is InChI=1S/C23H25N3O4/c1-16(2)15-29-20-11-7-6-10-18(20)13-24-22(27)14-25-23(28)19-12-21(30-26-19)17-8-4-3-5-9-17/h3-12,16H,13-15H2,1-2H3,(H,24,27)(H,25,28). The molecule has 0 saturated carbocycles. The molecule has 2 N–H and O–H groups in total. The molecule has 0 aliphatic heterocycles. The van der Waals surface area contributed by atoms with E-state index in [0.29, 0.717) is 24.8 Å². The first-order valence-corrected chi connectivity index (χ1v) is 9.80. The van der Waals surface area contributed by atoms with Gasteiger partial charge in [-0.15, -0.1) is 0 Å². The molecule has 0 unspecified atom stereocenters. The fraction of sp³-hybridized carbons (Fsp3) is 0.261. The van der Waals surface area contributed by atoms with E-state index in [2.05, 4.69) is 29.6 Å². The van der Waals surface area contributed by atoms with Crippen LogP contribution in [0.25, 0.3) is 11.3 Å². The van der Waals surface area contributed by atoms with Gasteiger partial charge in [0.15, 0.2) is 11.5 Å². The fourth-order valence-electron chi connectivity index (χ4n) is 2.68. The maximum atomic E-state index is 12.2. The number of hydrogen-bond acceptors (Lipinski definition) is 5. The van der Waals surface area contributed by atoms with Crippen LogP contribution in [0.3, 0.4) is 0 Å². The molecule has 3 aromatic rings. The lowest BCUT2D eigenvalue weighted by Gasteiger charge is -2.13. The normalized spacial score (nSPS) is 10.6. The van der Waals surface area contributed by atoms with Crippen molar-refractivity contribution in [2.45, 2.75) is 20.4 Å². The van der Waals surface area contributed by atoms with E-state index in [-0.39, 0.29) is 18.1 Å². The molecule has 30 heavy (non-hydrogen) atoms. The Hall–Kier alpha value is -3.61. The molecule has 156 valence electrons. The summed E-state index contributed by atoms with van der Waals surface area (Å²) in [5.74, 6) is 0.849. The monoisotopic (exact) mass is 407 g/mol. The quantitative estimate of drug-likeness (QED) is 0.567. The van der Waals surface area contributed by atoms with Crippen LogP contribution in [0.2, 0.25) is 0 Å². The second-order valence-corrected chi connectivity index (χ2v) is 7.21. The van der Waals surface area contributed by atoms with E-state index < -0.39 is 5.91 Å². The lowest BCUT2D eigenvalue weighted by Crippen LogP contribution is -2.36. The van der Waals surface area contributed by atoms with E-state index in [1.807, 2.05) is 54.6 Å². The number of nitrogens with one attached hydrogen (secondary N) is 2. The number of rotatable bonds is 9. The topological polar surface area (TPSA) is 93.5 Å². The minimum absolute atomic E-state index is 0.120. The summed E-state index contributed by atoms with van der Waals surface area (Å²) < 4.78 is 11.0. The molecule has 0 atom stereocenters. The van der Waals surface area contributed by atoms with Crippen LogP contribution in [-0.4, -0.2) is 30.1 Å². The number of amides is 2. The van der Waals surface area contributed by atoms with Crippen molar-refractivity contribution in [2.24, 2.45) is 5.92 Å². The third-order valence-corrected chi connectivity index (χ3v) is 4.23. The van der Waals surface area contributed by atoms with Crippen LogP contribution in [0.1, 0.15) is 29.9 Å². The molecule has 2 aromatic carbocycles. The summed E-state index contributed by atoms with van der Waals surface area (Å²) in [6.07, 6.45) is 0. The Kier molecular flexibility index (Phi) is 7.21. The van der Waals surface area contributed by atoms with Gasteiger partial charge in [-0.25, -0.2) is 0 Å². The summed E-state index contributed by atoms with van der Waals surface area (Å²) in [5.41, 5.74) is 1.82. The van der Waals surface area contributed by atoms with Crippen LogP contribution in [0.4, 0.5) is 0 Å². The molecule has 0 spiro atoms. The fourth-order valence-corrected chi connectivity index (χ4v) is 2.68. The maximum Gasteiger partial charge on any atom is 0.273 e. The Morgan fingerprint density at radius 2 is 1.77 bits per heavy atom. The molecule has 0 aliphatic carbocycles. The van der Waals surface area contributed by atoms with Gasteiger partial charge in [-0.1, -0.05) is 67.5 Å². The minimum Gasteiger partial charge on any atom is -0.493 e. The number of hydrogen-bond donors (Lipinski definition) is 2. The van der Waals surface area contributed by atoms with Crippen LogP contribution < -0.4 is 15.4 Å². The van der Waals surface area contributed by atoms with Crippen LogP contribution >= 0.6 is 0 Å². The predicted molar refractivity (Wildman–Crippen MR) is 113 cm³/mol. The highest BCUT2D eigenvalue weighted by Gasteiger charge is 2.15. The molecule has 0 radical (unpaired) electrons. The van der Waals surface area contributed by atoms with E-state index in [9.17, 15) is 9.59 Å². The van der Waals surface area contributed by atoms with Gasteiger partial charge >= 0.3 is 0 Å². The molecule has 0 saturated heterocycles. The van der Waals surface area contributed by atoms with Crippen molar-refractivity contribution in [2.75, 3.05) is 13.2 Å². The summed E-state index contributed by atoms with van der Waals surface area (Å²) in [6.45, 7) is 4.89. The first-order chi connectivity index (χ1) is 14.5. The molecule has 0 fully saturated rings. The average Bonchev–Trinajstić information content (AvgIpc) is 3.26. The molecule has 0 bridgehead atoms. The molecule has 2 amide bonds. The molecule has 7 heteroatoms. The third kappa shape index (κ3) is 5.94. The number of aromatic nitrogens is 1. The number of benzene rings is 2. The van der Waals surface area contributed by atoms with E-state index in [1.54, 1.807) is 6.07 Å². The van der Waals surface area contributed by atoms with Gasteiger partial charge in [-0.3, -0.25) is 9.59 Å². The second kappa shape index (κ2) is 10.2. The van der Waals surface area contributed by atoms with E-state index in [1.165, 1.54) is 0 Å². The molecule has 3 rings (SSSR count). The van der Waals surface area contributed by atoms with Crippen LogP contribution in [-0.2, 0) is 11.3 Å². The van der Waals surface area contributed by atoms with Crippen molar-refractivity contribution in [3.8, 4) is 17.1 Å². The average molecular weight is 407 g/mol. The van der Waals surface area contributed by atoms with Gasteiger partial charge in [0.05, 0.1) is 13.2 Å². The second-order valence-electron chi connectivity index (χ2n) is 7.21. The minimum atomic E-state index is -0.475. The van der Waals surface area contributed by atoms with Crippen molar-refractivity contribution in [1.29, 1.82) is 0 Å². The zero-order chi connectivity index (χ0) is 21.3. The van der Waals surface area contributed by atoms with Gasteiger partial charge < -0.3 is 19.9 Å². The van der Waals surface area contributed by atoms with Crippen molar-refractivity contribution < 1.29 is 18.8 Å². The van der Waals surface area contributed by atoms with Crippen LogP contribution in [0.5, 0.6) is 5.75 Å². The van der Waals surface area contributed by atoms with Gasteiger partial charge in [0.25, 0.3) is 5.91 Å². The molecular weight excluding hydrogens is 382 g/mol. The van der Waals surface area contributed by atoms with E-state index in [0.717, 1.165) is 16.9 Å². The Morgan fingerprint density at radius 3 is 2.53 bits per heavy atom. The summed E-state index contributed by atoms with van der Waals surface area (Å²) in [7, 11) is 0. The van der Waals surface area contributed by atoms with Crippen LogP contribution in [0.15, 0.2) is 65.2 Å². The predicted octanol–water partition coefficient (Wildman–Crippen LogP) is 3.42. The van der Waals surface area contributed by atoms with Gasteiger partial charge in [0.2, 0.25) is 5.91 Å². The number of para-hydroxylation sites is 1. The van der Waals surface area contributed by atoms with Crippen molar-refractivity contribution in [3.63, 3.8) is 0 Å². The lowest BCUT2D eigenvalue weighted by atomic mass is 10.1. The Labute approximate surface area is 175 Å². The third-order valence-electron chi connectivity index (χ3n) is 4.23. The molecule has 1 heterocycles. The Bertz CT molecular complexity index is 983. The molecule has 0 aliphatic rings. The van der Waals surface area contributed by atoms with Gasteiger partial charge in [-0.05, 0) is 12.0 Å². The maximum absolute atomic E-state index is 12.2. The smallest absolute Gasteiger partial charge is 0.273 e. The SMILES string of the molecule is CC(C)COc1ccccc1CNC(=O)CNC(=O)c1cc(-c2ccccc2)on1. The Balaban J connectivity index is 1.48. The molecule has 7 nitrogen and oxygen atoms in total. The zero-order valence-electron chi connectivity index (χ0n) is 17.1. The van der Waals surface area contributed by atoms with Crippen molar-refractivity contribution in [1.82, 2.24) is 15.8 Å². The highest BCUT2D eigenvalue weighted by molar-refractivity contribution is 5.95. The zero-order valence-corrected chi connectivity index (χ0v) is 17.1. The first-order valence-electron chi connectivity index (χ1n) is 9.80. The van der Waals surface area contributed by atoms with Gasteiger partial charge in [0, 0.05) is 23.7 Å². The van der Waals surface area contributed by atoms with Gasteiger partial charge in [-0.2, -0.15) is 0 Å². The summed E-state index contributed by atoms with van der Waals surface area (Å²) in [6, 6.07) is 18.4. The summed E-state index contributed by atoms with van der Waals surface area (Å²) >= 11 is 0. The van der Waals surface area contributed by atoms with E-state index >= 15 is 0 Å². The lowest BCUT2D eigenvalue weighted by molar-refractivity contribution is -0.120. The number of nitrogens with zero attached hydrogens (tertiary/aromatic N) is 1. The van der Waals surface area contributed by atoms with Crippen LogP contribution in [0, 0.1) is 5.92 Å². The summed E-state index contributed by atoms with van der Waals surface area (Å²) in [5, 5.41) is 9.11. The number of carbonyl (C=O) groups is 2. The largest absolute Gasteiger partial charge is 0.493 e. The summed E-state index contributed by atoms with van der Waals surface area (Å²) in [4.78, 5) is 24.4. The van der Waals surface area contributed by atoms with Crippen molar-refractivity contribution >= 4 is 11.8 Å². The highest BCUT2D eigenvalue weighted by Crippen LogP contribution is 2.20. The molecular formula is C23H25N3O4. The van der Waals surface area contributed by atoms with Crippen molar-refractivity contribution in [3.05, 3.63) is 71.9 Å². The Morgan fingerprint density at radius 1 is 1.03 bits per heavy atom. The highest BCUT2D eigenvalue weighted by atomic mass is 16.5. The van der Waals surface area contributed by atoms with E-state index in [4.69, 9.17) is 9.26 Å². The first kappa shape index (κ1) is 21.1. The number of carbonyl (C=O) groups excluding carboxylic acids is 2. The molecule has 1 aromatic heterocycles. The number of ether oxygens (including phenoxy) is 1. The van der Waals surface area contributed by atoms with Gasteiger partial charge in [0.1, 0.15) is 5.75 Å².